The summed E-state index contributed by atoms with van der Waals surface area (Å²) in [5.41, 5.74) is 5.73. The minimum Gasteiger partial charge on any atom is -0.382 e. The summed E-state index contributed by atoms with van der Waals surface area (Å²) < 4.78 is 5.88. The lowest BCUT2D eigenvalue weighted by Crippen LogP contribution is -2.10. The summed E-state index contributed by atoms with van der Waals surface area (Å²) >= 11 is 2.99. The topological polar surface area (TPSA) is 81.6 Å². The number of thioether (sulfide) groups is 1. The average molecular weight is 256 g/mol. The monoisotopic (exact) mass is 256 g/mol. The Kier molecular flexibility index (Phi) is 3.62. The maximum Gasteiger partial charge on any atom is 0.153 e. The predicted octanol–water partition coefficient (Wildman–Crippen LogP) is 1.15. The highest BCUT2D eigenvalue weighted by molar-refractivity contribution is 7.99. The Morgan fingerprint density at radius 2 is 2.50 bits per heavy atom. The van der Waals surface area contributed by atoms with E-state index in [0.717, 1.165) is 23.0 Å². The Hall–Kier alpha value is -1.28. The molecule has 0 saturated carbocycles. The van der Waals surface area contributed by atoms with Gasteiger partial charge in [-0.25, -0.2) is 0 Å². The zero-order valence-electron chi connectivity index (χ0n) is 8.75. The standard InChI is InChI=1S/C8H12N6S2/c1-15-6-7(9)12-16-8(6)10-2-4-14-5-3-11-13-14/h3,5,10H,2,4H2,1H3,(H2,9,12). The molecule has 0 aliphatic rings. The van der Waals surface area contributed by atoms with E-state index in [4.69, 9.17) is 5.73 Å². The number of nitrogen functional groups attached to an aromatic ring is 1. The molecular formula is C8H12N6S2. The molecule has 0 atom stereocenters. The van der Waals surface area contributed by atoms with Gasteiger partial charge in [-0.05, 0) is 17.8 Å². The molecule has 0 fully saturated rings. The molecule has 8 heteroatoms. The number of hydrogen-bond acceptors (Lipinski definition) is 7. The van der Waals surface area contributed by atoms with E-state index >= 15 is 0 Å². The molecule has 6 nitrogen and oxygen atoms in total. The zero-order valence-corrected chi connectivity index (χ0v) is 10.4. The van der Waals surface area contributed by atoms with Gasteiger partial charge in [-0.15, -0.1) is 16.9 Å². The molecule has 0 amide bonds. The third-order valence-electron chi connectivity index (χ3n) is 1.98. The van der Waals surface area contributed by atoms with Gasteiger partial charge in [0.25, 0.3) is 0 Å². The first-order valence-corrected chi connectivity index (χ1v) is 6.68. The highest BCUT2D eigenvalue weighted by atomic mass is 32.2. The highest BCUT2D eigenvalue weighted by Crippen LogP contribution is 2.34. The van der Waals surface area contributed by atoms with Crippen molar-refractivity contribution >= 4 is 34.1 Å². The Morgan fingerprint density at radius 3 is 3.19 bits per heavy atom. The molecule has 16 heavy (non-hydrogen) atoms. The molecule has 86 valence electrons. The molecule has 0 aliphatic carbocycles. The van der Waals surface area contributed by atoms with Crippen LogP contribution in [-0.2, 0) is 6.54 Å². The summed E-state index contributed by atoms with van der Waals surface area (Å²) in [6.07, 6.45) is 5.49. The molecule has 2 heterocycles. The number of nitrogens with one attached hydrogen (secondary N) is 1. The molecule has 2 aromatic rings. The molecule has 0 bridgehead atoms. The maximum atomic E-state index is 5.73. The number of anilines is 2. The van der Waals surface area contributed by atoms with Crippen molar-refractivity contribution in [3.8, 4) is 0 Å². The van der Waals surface area contributed by atoms with E-state index in [9.17, 15) is 0 Å². The zero-order chi connectivity index (χ0) is 11.4. The van der Waals surface area contributed by atoms with Crippen LogP contribution in [-0.4, -0.2) is 32.2 Å². The molecule has 0 aromatic carbocycles. The summed E-state index contributed by atoms with van der Waals surface area (Å²) in [5, 5.41) is 11.9. The van der Waals surface area contributed by atoms with E-state index in [0.29, 0.717) is 5.82 Å². The number of hydrogen-bond donors (Lipinski definition) is 2. The van der Waals surface area contributed by atoms with Crippen LogP contribution in [0.1, 0.15) is 0 Å². The third kappa shape index (κ3) is 2.45. The fourth-order valence-corrected chi connectivity index (χ4v) is 2.81. The van der Waals surface area contributed by atoms with Crippen LogP contribution in [0.3, 0.4) is 0 Å². The van der Waals surface area contributed by atoms with Crippen molar-refractivity contribution in [2.45, 2.75) is 11.4 Å². The van der Waals surface area contributed by atoms with Crippen LogP contribution in [0.5, 0.6) is 0 Å². The number of rotatable bonds is 5. The summed E-state index contributed by atoms with van der Waals surface area (Å²) in [4.78, 5) is 1.02. The van der Waals surface area contributed by atoms with Crippen LogP contribution in [0.4, 0.5) is 10.8 Å². The largest absolute Gasteiger partial charge is 0.382 e. The van der Waals surface area contributed by atoms with Crippen LogP contribution in [0.2, 0.25) is 0 Å². The second kappa shape index (κ2) is 5.17. The van der Waals surface area contributed by atoms with Gasteiger partial charge in [0.15, 0.2) is 5.82 Å². The number of nitrogens with zero attached hydrogens (tertiary/aromatic N) is 4. The quantitative estimate of drug-likeness (QED) is 0.781. The number of nitrogens with two attached hydrogens (primary N) is 1. The molecule has 2 rings (SSSR count). The second-order valence-corrected chi connectivity index (χ2v) is 4.61. The van der Waals surface area contributed by atoms with E-state index in [1.807, 2.05) is 12.5 Å². The molecule has 2 aromatic heterocycles. The van der Waals surface area contributed by atoms with Crippen LogP contribution in [0.25, 0.3) is 0 Å². The Labute approximate surface area is 101 Å². The lowest BCUT2D eigenvalue weighted by Gasteiger charge is -2.04. The van der Waals surface area contributed by atoms with Crippen molar-refractivity contribution < 1.29 is 0 Å². The SMILES string of the molecule is CSc1c(N)nsc1NCCn1ccnn1. The van der Waals surface area contributed by atoms with Crippen molar-refractivity contribution in [1.29, 1.82) is 0 Å². The van der Waals surface area contributed by atoms with Crippen molar-refractivity contribution in [3.63, 3.8) is 0 Å². The van der Waals surface area contributed by atoms with E-state index < -0.39 is 0 Å². The summed E-state index contributed by atoms with van der Waals surface area (Å²) in [6, 6.07) is 0. The Balaban J connectivity index is 1.89. The molecular weight excluding hydrogens is 244 g/mol. The van der Waals surface area contributed by atoms with Gasteiger partial charge < -0.3 is 11.1 Å². The highest BCUT2D eigenvalue weighted by Gasteiger charge is 2.09. The molecule has 0 aliphatic heterocycles. The Morgan fingerprint density at radius 1 is 1.62 bits per heavy atom. The van der Waals surface area contributed by atoms with Crippen molar-refractivity contribution in [2.24, 2.45) is 0 Å². The lowest BCUT2D eigenvalue weighted by atomic mass is 10.5. The molecule has 0 unspecified atom stereocenters. The second-order valence-electron chi connectivity index (χ2n) is 3.02. The van der Waals surface area contributed by atoms with Crippen LogP contribution in [0.15, 0.2) is 17.3 Å². The van der Waals surface area contributed by atoms with Gasteiger partial charge >= 0.3 is 0 Å². The predicted molar refractivity (Wildman–Crippen MR) is 66.8 cm³/mol. The van der Waals surface area contributed by atoms with Gasteiger partial charge in [0, 0.05) is 12.7 Å². The molecule has 3 N–H and O–H groups in total. The van der Waals surface area contributed by atoms with Gasteiger partial charge in [0.05, 0.1) is 17.6 Å². The third-order valence-corrected chi connectivity index (χ3v) is 3.75. The smallest absolute Gasteiger partial charge is 0.153 e. The molecule has 0 radical (unpaired) electrons. The van der Waals surface area contributed by atoms with E-state index in [-0.39, 0.29) is 0 Å². The fourth-order valence-electron chi connectivity index (χ4n) is 1.24. The van der Waals surface area contributed by atoms with Crippen LogP contribution < -0.4 is 11.1 Å². The van der Waals surface area contributed by atoms with E-state index in [1.165, 1.54) is 11.5 Å². The first-order valence-electron chi connectivity index (χ1n) is 4.68. The van der Waals surface area contributed by atoms with Crippen molar-refractivity contribution in [2.75, 3.05) is 23.9 Å². The van der Waals surface area contributed by atoms with Gasteiger partial charge in [0.1, 0.15) is 5.00 Å². The van der Waals surface area contributed by atoms with Crippen LogP contribution in [0, 0.1) is 0 Å². The van der Waals surface area contributed by atoms with E-state index in [1.54, 1.807) is 22.6 Å². The minimum absolute atomic E-state index is 0.598. The first-order chi connectivity index (χ1) is 7.81. The Bertz CT molecular complexity index is 437. The van der Waals surface area contributed by atoms with Gasteiger partial charge in [-0.1, -0.05) is 5.21 Å². The van der Waals surface area contributed by atoms with Gasteiger partial charge in [0.2, 0.25) is 0 Å². The average Bonchev–Trinajstić information content (AvgIpc) is 2.89. The lowest BCUT2D eigenvalue weighted by molar-refractivity contribution is 0.609. The molecule has 0 spiro atoms. The van der Waals surface area contributed by atoms with Crippen molar-refractivity contribution in [3.05, 3.63) is 12.4 Å². The maximum absolute atomic E-state index is 5.73. The molecule has 0 saturated heterocycles. The van der Waals surface area contributed by atoms with Crippen LogP contribution >= 0.6 is 23.3 Å². The van der Waals surface area contributed by atoms with Gasteiger partial charge in [-0.3, -0.25) is 4.68 Å². The van der Waals surface area contributed by atoms with E-state index in [2.05, 4.69) is 20.0 Å². The van der Waals surface area contributed by atoms with Crippen molar-refractivity contribution in [1.82, 2.24) is 19.4 Å². The van der Waals surface area contributed by atoms with Gasteiger partial charge in [-0.2, -0.15) is 4.37 Å². The first kappa shape index (κ1) is 11.2. The number of aromatic nitrogens is 4. The summed E-state index contributed by atoms with van der Waals surface area (Å²) in [7, 11) is 0. The normalized spacial score (nSPS) is 10.6. The fraction of sp³-hybridized carbons (Fsp3) is 0.375. The summed E-state index contributed by atoms with van der Waals surface area (Å²) in [5.74, 6) is 0.598. The summed E-state index contributed by atoms with van der Waals surface area (Å²) in [6.45, 7) is 1.55. The minimum atomic E-state index is 0.598.